The molecule has 0 aliphatic heterocycles. The van der Waals surface area contributed by atoms with E-state index in [1.54, 1.807) is 18.2 Å². The van der Waals surface area contributed by atoms with E-state index in [0.717, 1.165) is 0 Å². The molecule has 0 bridgehead atoms. The molecule has 0 saturated heterocycles. The zero-order valence-corrected chi connectivity index (χ0v) is 10.9. The highest BCUT2D eigenvalue weighted by molar-refractivity contribution is 9.10. The molecular formula is C11H10BrClN2O. The minimum Gasteiger partial charge on any atom is -0.321 e. The van der Waals surface area contributed by atoms with E-state index in [4.69, 9.17) is 11.6 Å². The van der Waals surface area contributed by atoms with E-state index in [9.17, 15) is 4.79 Å². The van der Waals surface area contributed by atoms with Crippen LogP contribution in [0.1, 0.15) is 6.92 Å². The molecule has 0 aromatic carbocycles. The molecule has 0 saturated carbocycles. The van der Waals surface area contributed by atoms with Crippen LogP contribution in [-0.2, 0) is 4.79 Å². The number of carbonyl (C=O) groups excluding carboxylic acids is 1. The van der Waals surface area contributed by atoms with Crippen molar-refractivity contribution in [2.75, 3.05) is 5.32 Å². The third kappa shape index (κ3) is 4.16. The Balaban J connectivity index is 2.66. The van der Waals surface area contributed by atoms with Crippen LogP contribution in [-0.4, -0.2) is 10.9 Å². The molecule has 3 nitrogen and oxygen atoms in total. The lowest BCUT2D eigenvalue weighted by atomic mass is 10.4. The zero-order chi connectivity index (χ0) is 12.0. The number of amides is 1. The minimum absolute atomic E-state index is 0.214. The average Bonchev–Trinajstić information content (AvgIpc) is 2.24. The standard InChI is InChI=1S/C11H10BrClN2O/c1-2-3-4-5-10(16)15-8-6-9(12)11(13)14-7-8/h2-7H,1H3,(H,15,16). The first-order valence-corrected chi connectivity index (χ1v) is 5.72. The summed E-state index contributed by atoms with van der Waals surface area (Å²) in [6.45, 7) is 1.88. The first kappa shape index (κ1) is 12.9. The lowest BCUT2D eigenvalue weighted by Gasteiger charge is -2.02. The van der Waals surface area contributed by atoms with Crippen LogP contribution in [0.5, 0.6) is 0 Å². The van der Waals surface area contributed by atoms with Crippen molar-refractivity contribution in [1.82, 2.24) is 4.98 Å². The molecular weight excluding hydrogens is 291 g/mol. The normalized spacial score (nSPS) is 11.2. The maximum atomic E-state index is 11.4. The summed E-state index contributed by atoms with van der Waals surface area (Å²) in [6, 6.07) is 1.69. The Bertz CT molecular complexity index is 444. The maximum Gasteiger partial charge on any atom is 0.248 e. The van der Waals surface area contributed by atoms with Crippen LogP contribution >= 0.6 is 27.5 Å². The second-order valence-electron chi connectivity index (χ2n) is 2.87. The molecule has 1 aromatic heterocycles. The summed E-state index contributed by atoms with van der Waals surface area (Å²) < 4.78 is 0.643. The van der Waals surface area contributed by atoms with Crippen LogP contribution < -0.4 is 5.32 Å². The second-order valence-corrected chi connectivity index (χ2v) is 4.08. The first-order valence-electron chi connectivity index (χ1n) is 4.55. The largest absolute Gasteiger partial charge is 0.321 e. The minimum atomic E-state index is -0.214. The fourth-order valence-electron chi connectivity index (χ4n) is 0.928. The van der Waals surface area contributed by atoms with Gasteiger partial charge in [0.15, 0.2) is 0 Å². The Kier molecular flexibility index (Phi) is 5.22. The number of allylic oxidation sites excluding steroid dienone is 3. The number of carbonyl (C=O) groups is 1. The predicted molar refractivity (Wildman–Crippen MR) is 69.5 cm³/mol. The van der Waals surface area contributed by atoms with Gasteiger partial charge in [-0.1, -0.05) is 29.8 Å². The van der Waals surface area contributed by atoms with Gasteiger partial charge in [0.1, 0.15) is 5.15 Å². The average molecular weight is 302 g/mol. The lowest BCUT2D eigenvalue weighted by molar-refractivity contribution is -0.111. The van der Waals surface area contributed by atoms with Crippen LogP contribution in [0.2, 0.25) is 5.15 Å². The Hall–Kier alpha value is -1.13. The summed E-state index contributed by atoms with van der Waals surface area (Å²) in [6.07, 6.45) is 8.20. The second kappa shape index (κ2) is 6.45. The van der Waals surface area contributed by atoms with Gasteiger partial charge >= 0.3 is 0 Å². The highest BCUT2D eigenvalue weighted by Gasteiger charge is 2.02. The molecule has 5 heteroatoms. The number of hydrogen-bond donors (Lipinski definition) is 1. The van der Waals surface area contributed by atoms with Crippen molar-refractivity contribution in [1.29, 1.82) is 0 Å². The molecule has 0 fully saturated rings. The van der Waals surface area contributed by atoms with Crippen molar-refractivity contribution in [3.8, 4) is 0 Å². The number of anilines is 1. The van der Waals surface area contributed by atoms with Crippen molar-refractivity contribution in [3.63, 3.8) is 0 Å². The van der Waals surface area contributed by atoms with E-state index in [-0.39, 0.29) is 5.91 Å². The Morgan fingerprint density at radius 3 is 2.94 bits per heavy atom. The smallest absolute Gasteiger partial charge is 0.248 e. The number of hydrogen-bond acceptors (Lipinski definition) is 2. The monoisotopic (exact) mass is 300 g/mol. The Morgan fingerprint density at radius 2 is 2.31 bits per heavy atom. The summed E-state index contributed by atoms with van der Waals surface area (Å²) in [5, 5.41) is 3.02. The summed E-state index contributed by atoms with van der Waals surface area (Å²) in [7, 11) is 0. The van der Waals surface area contributed by atoms with E-state index in [0.29, 0.717) is 15.3 Å². The van der Waals surface area contributed by atoms with Gasteiger partial charge in [-0.05, 0) is 28.9 Å². The topological polar surface area (TPSA) is 42.0 Å². The Morgan fingerprint density at radius 1 is 1.56 bits per heavy atom. The summed E-state index contributed by atoms with van der Waals surface area (Å²) >= 11 is 8.95. The van der Waals surface area contributed by atoms with Crippen LogP contribution in [0.4, 0.5) is 5.69 Å². The van der Waals surface area contributed by atoms with E-state index >= 15 is 0 Å². The third-order valence-electron chi connectivity index (χ3n) is 1.61. The van der Waals surface area contributed by atoms with Crippen molar-refractivity contribution >= 4 is 39.1 Å². The molecule has 1 heterocycles. The number of nitrogens with one attached hydrogen (secondary N) is 1. The van der Waals surface area contributed by atoms with Gasteiger partial charge < -0.3 is 5.32 Å². The number of aromatic nitrogens is 1. The van der Waals surface area contributed by atoms with Gasteiger partial charge in [0.05, 0.1) is 16.4 Å². The number of nitrogens with zero attached hydrogens (tertiary/aromatic N) is 1. The molecule has 0 spiro atoms. The lowest BCUT2D eigenvalue weighted by Crippen LogP contribution is -2.07. The van der Waals surface area contributed by atoms with Crippen LogP contribution in [0.25, 0.3) is 0 Å². The third-order valence-corrected chi connectivity index (χ3v) is 2.75. The van der Waals surface area contributed by atoms with Gasteiger partial charge in [0.25, 0.3) is 0 Å². The molecule has 16 heavy (non-hydrogen) atoms. The van der Waals surface area contributed by atoms with Gasteiger partial charge in [-0.25, -0.2) is 4.98 Å². The molecule has 0 aliphatic rings. The van der Waals surface area contributed by atoms with Gasteiger partial charge in [0, 0.05) is 6.08 Å². The molecule has 0 unspecified atom stereocenters. The van der Waals surface area contributed by atoms with E-state index in [2.05, 4.69) is 26.2 Å². The van der Waals surface area contributed by atoms with E-state index in [1.165, 1.54) is 12.3 Å². The molecule has 84 valence electrons. The van der Waals surface area contributed by atoms with Crippen molar-refractivity contribution in [2.45, 2.75) is 6.92 Å². The first-order chi connectivity index (χ1) is 7.63. The highest BCUT2D eigenvalue weighted by atomic mass is 79.9. The summed E-state index contributed by atoms with van der Waals surface area (Å²) in [5.74, 6) is -0.214. The molecule has 0 aliphatic carbocycles. The van der Waals surface area contributed by atoms with Gasteiger partial charge in [-0.2, -0.15) is 0 Å². The van der Waals surface area contributed by atoms with Gasteiger partial charge in [-0.15, -0.1) is 0 Å². The summed E-state index contributed by atoms with van der Waals surface area (Å²) in [5.41, 5.74) is 0.589. The molecule has 1 amide bonds. The van der Waals surface area contributed by atoms with Crippen LogP contribution in [0.3, 0.4) is 0 Å². The summed E-state index contributed by atoms with van der Waals surface area (Å²) in [4.78, 5) is 15.3. The maximum absolute atomic E-state index is 11.4. The Labute approximate surface area is 107 Å². The number of pyridine rings is 1. The van der Waals surface area contributed by atoms with Crippen LogP contribution in [0.15, 0.2) is 41.0 Å². The fraction of sp³-hybridized carbons (Fsp3) is 0.0909. The van der Waals surface area contributed by atoms with Crippen molar-refractivity contribution in [2.24, 2.45) is 0 Å². The molecule has 1 rings (SSSR count). The molecule has 0 radical (unpaired) electrons. The SMILES string of the molecule is CC=CC=CC(=O)Nc1cnc(Cl)c(Br)c1. The molecule has 1 aromatic rings. The van der Waals surface area contributed by atoms with Crippen molar-refractivity contribution < 1.29 is 4.79 Å². The highest BCUT2D eigenvalue weighted by Crippen LogP contribution is 2.22. The number of rotatable bonds is 3. The van der Waals surface area contributed by atoms with Gasteiger partial charge in [0.2, 0.25) is 5.91 Å². The van der Waals surface area contributed by atoms with E-state index in [1.807, 2.05) is 13.0 Å². The zero-order valence-electron chi connectivity index (χ0n) is 8.58. The predicted octanol–water partition coefficient (Wildman–Crippen LogP) is 3.57. The van der Waals surface area contributed by atoms with Gasteiger partial charge in [-0.3, -0.25) is 4.79 Å². The van der Waals surface area contributed by atoms with E-state index < -0.39 is 0 Å². The fourth-order valence-corrected chi connectivity index (χ4v) is 1.38. The quantitative estimate of drug-likeness (QED) is 0.527. The van der Waals surface area contributed by atoms with Crippen LogP contribution in [0, 0.1) is 0 Å². The van der Waals surface area contributed by atoms with Crippen molar-refractivity contribution in [3.05, 3.63) is 46.2 Å². The molecule has 0 atom stereocenters. The number of halogens is 2. The molecule has 1 N–H and O–H groups in total.